The number of nitrogens with one attached hydrogen (secondary N) is 2. The molecule has 4 atom stereocenters. The summed E-state index contributed by atoms with van der Waals surface area (Å²) in [6.45, 7) is 14.9. The number of halogens is 1. The normalized spacial score (nSPS) is 22.3. The molecule has 1 heterocycles. The highest BCUT2D eigenvalue weighted by Crippen LogP contribution is 2.46. The topological polar surface area (TPSA) is 134 Å². The van der Waals surface area contributed by atoms with Crippen LogP contribution in [0.15, 0.2) is 24.3 Å². The van der Waals surface area contributed by atoms with Gasteiger partial charge in [-0.15, -0.1) is 0 Å². The maximum Gasteiger partial charge on any atom is 0.323 e. The first-order valence-corrected chi connectivity index (χ1v) is 13.6. The molecule has 1 fully saturated rings. The number of nitrogens with zero attached hydrogens (tertiary/aromatic N) is 1. The molecule has 0 spiro atoms. The van der Waals surface area contributed by atoms with Gasteiger partial charge in [0.15, 0.2) is 0 Å². The molecule has 2 amide bonds. The van der Waals surface area contributed by atoms with Crippen molar-refractivity contribution in [3.05, 3.63) is 34.9 Å². The average Bonchev–Trinajstić information content (AvgIpc) is 2.82. The molecular weight excluding hydrogens is 508 g/mol. The van der Waals surface area contributed by atoms with Crippen LogP contribution in [0.2, 0.25) is 5.02 Å². The lowest BCUT2D eigenvalue weighted by Gasteiger charge is -2.51. The number of piperidine rings is 1. The minimum atomic E-state index is -1.01. The van der Waals surface area contributed by atoms with Gasteiger partial charge < -0.3 is 35.9 Å². The molecule has 0 radical (unpaired) electrons. The Hall–Kier alpha value is -2.20. The van der Waals surface area contributed by atoms with Gasteiger partial charge in [0.2, 0.25) is 0 Å². The lowest BCUT2D eigenvalue weighted by Crippen LogP contribution is -2.57. The number of carbonyl (C=O) groups excluding carboxylic acids is 3. The number of ether oxygens (including phenoxy) is 1. The Bertz CT molecular complexity index is 968. The monoisotopic (exact) mass is 552 g/mol. The summed E-state index contributed by atoms with van der Waals surface area (Å²) in [5.41, 5.74) is 4.25. The van der Waals surface area contributed by atoms with Crippen molar-refractivity contribution in [3.8, 4) is 0 Å². The van der Waals surface area contributed by atoms with Crippen molar-refractivity contribution in [2.24, 2.45) is 23.0 Å². The van der Waals surface area contributed by atoms with Crippen LogP contribution in [0.1, 0.15) is 60.5 Å². The van der Waals surface area contributed by atoms with Gasteiger partial charge in [-0.05, 0) is 49.8 Å². The van der Waals surface area contributed by atoms with Gasteiger partial charge in [-0.1, -0.05) is 58.4 Å². The molecule has 9 nitrogen and oxygen atoms in total. The van der Waals surface area contributed by atoms with Gasteiger partial charge in [0.05, 0.1) is 18.2 Å². The van der Waals surface area contributed by atoms with Gasteiger partial charge >= 0.3 is 12.0 Å². The van der Waals surface area contributed by atoms with Crippen LogP contribution in [0.5, 0.6) is 0 Å². The smallest absolute Gasteiger partial charge is 0.323 e. The fourth-order valence-corrected chi connectivity index (χ4v) is 4.95. The number of esters is 1. The molecule has 5 N–H and O–H groups in total. The van der Waals surface area contributed by atoms with Crippen molar-refractivity contribution in [1.82, 2.24) is 15.5 Å². The maximum atomic E-state index is 12.6. The summed E-state index contributed by atoms with van der Waals surface area (Å²) in [6, 6.07) is 5.33. The fraction of sp³-hybridized carbons (Fsp3) is 0.679. The molecule has 1 saturated heterocycles. The Morgan fingerprint density at radius 2 is 1.84 bits per heavy atom. The van der Waals surface area contributed by atoms with E-state index in [0.29, 0.717) is 31.1 Å². The molecule has 1 aliphatic rings. The predicted molar refractivity (Wildman–Crippen MR) is 149 cm³/mol. The summed E-state index contributed by atoms with van der Waals surface area (Å²) in [6.07, 6.45) is 1.26. The number of carbonyl (C=O) groups is 3. The van der Waals surface area contributed by atoms with Crippen molar-refractivity contribution in [3.63, 3.8) is 0 Å². The van der Waals surface area contributed by atoms with Gasteiger partial charge in [0, 0.05) is 30.1 Å². The number of aldehydes is 1. The second kappa shape index (κ2) is 12.8. The molecule has 0 aliphatic carbocycles. The maximum absolute atomic E-state index is 12.6. The SMILES string of the molecule is CC(C)C(N)C(=O)OC(C)(C)CNC(=O)NC(C=O)[C@@H](C)CN1CC[C@](O)(c2ccc(Cl)cc2)C(C)(C)C1. The van der Waals surface area contributed by atoms with Crippen LogP contribution in [0.4, 0.5) is 4.79 Å². The summed E-state index contributed by atoms with van der Waals surface area (Å²) in [7, 11) is 0. The third kappa shape index (κ3) is 8.15. The van der Waals surface area contributed by atoms with Crippen LogP contribution in [-0.2, 0) is 19.9 Å². The molecule has 1 aromatic rings. The van der Waals surface area contributed by atoms with Crippen LogP contribution in [0, 0.1) is 17.3 Å². The number of hydrogen-bond acceptors (Lipinski definition) is 7. The second-order valence-corrected chi connectivity index (χ2v) is 12.6. The van der Waals surface area contributed by atoms with Crippen molar-refractivity contribution in [2.75, 3.05) is 26.2 Å². The number of nitrogens with two attached hydrogens (primary N) is 1. The van der Waals surface area contributed by atoms with Gasteiger partial charge in [0.25, 0.3) is 0 Å². The van der Waals surface area contributed by atoms with Crippen molar-refractivity contribution in [2.45, 2.75) is 78.2 Å². The van der Waals surface area contributed by atoms with E-state index in [9.17, 15) is 19.5 Å². The lowest BCUT2D eigenvalue weighted by atomic mass is 9.66. The summed E-state index contributed by atoms with van der Waals surface area (Å²) in [4.78, 5) is 38.8. The van der Waals surface area contributed by atoms with E-state index < -0.39 is 40.7 Å². The minimum absolute atomic E-state index is 0.0545. The van der Waals surface area contributed by atoms with E-state index in [2.05, 4.69) is 15.5 Å². The highest BCUT2D eigenvalue weighted by atomic mass is 35.5. The van der Waals surface area contributed by atoms with E-state index >= 15 is 0 Å². The zero-order valence-electron chi connectivity index (χ0n) is 23.7. The fourth-order valence-electron chi connectivity index (χ4n) is 4.82. The van der Waals surface area contributed by atoms with E-state index in [4.69, 9.17) is 22.1 Å². The average molecular weight is 553 g/mol. The standard InChI is InChI=1S/C28H45ClN4O5/c1-18(2)23(30)24(35)38-27(6,7)16-31-25(36)32-22(15-34)19(3)14-33-13-12-28(37,26(4,5)17-33)20-8-10-21(29)11-9-20/h8-11,15,18-19,22-23,37H,12-14,16-17,30H2,1-7H3,(H2,31,32,36)/t19-,22?,23?,28-/m0/s1. The number of amides is 2. The van der Waals surface area contributed by atoms with Crippen LogP contribution in [0.3, 0.4) is 0 Å². The molecular formula is C28H45ClN4O5. The molecule has 1 aliphatic heterocycles. The highest BCUT2D eigenvalue weighted by molar-refractivity contribution is 6.30. The van der Waals surface area contributed by atoms with E-state index in [1.807, 2.05) is 46.8 Å². The first kappa shape index (κ1) is 32.0. The van der Waals surface area contributed by atoms with Crippen LogP contribution in [-0.4, -0.2) is 72.2 Å². The first-order valence-electron chi connectivity index (χ1n) is 13.2. The summed E-state index contributed by atoms with van der Waals surface area (Å²) < 4.78 is 5.46. The number of likely N-dealkylation sites (tertiary alicyclic amines) is 1. The van der Waals surface area contributed by atoms with Crippen LogP contribution >= 0.6 is 11.6 Å². The third-order valence-corrected chi connectivity index (χ3v) is 7.75. The van der Waals surface area contributed by atoms with E-state index in [0.717, 1.165) is 11.8 Å². The van der Waals surface area contributed by atoms with Crippen molar-refractivity contribution < 1.29 is 24.2 Å². The second-order valence-electron chi connectivity index (χ2n) is 12.2. The Morgan fingerprint density at radius 1 is 1.24 bits per heavy atom. The first-order chi connectivity index (χ1) is 17.5. The molecule has 1 aromatic carbocycles. The molecule has 2 unspecified atom stereocenters. The predicted octanol–water partition coefficient (Wildman–Crippen LogP) is 3.07. The lowest BCUT2D eigenvalue weighted by molar-refractivity contribution is -0.158. The summed E-state index contributed by atoms with van der Waals surface area (Å²) in [5.74, 6) is -0.772. The van der Waals surface area contributed by atoms with Crippen LogP contribution < -0.4 is 16.4 Å². The zero-order valence-corrected chi connectivity index (χ0v) is 24.5. The van der Waals surface area contributed by atoms with Gasteiger partial charge in [0.1, 0.15) is 17.9 Å². The number of rotatable bonds is 11. The van der Waals surface area contributed by atoms with E-state index in [-0.39, 0.29) is 18.4 Å². The summed E-state index contributed by atoms with van der Waals surface area (Å²) >= 11 is 6.03. The molecule has 214 valence electrons. The Labute approximate surface area is 231 Å². The van der Waals surface area contributed by atoms with E-state index in [1.54, 1.807) is 26.0 Å². The molecule has 2 rings (SSSR count). The van der Waals surface area contributed by atoms with Gasteiger partial charge in [-0.25, -0.2) is 4.79 Å². The Kier molecular flexibility index (Phi) is 10.8. The molecule has 38 heavy (non-hydrogen) atoms. The highest BCUT2D eigenvalue weighted by Gasteiger charge is 2.48. The largest absolute Gasteiger partial charge is 0.457 e. The van der Waals surface area contributed by atoms with E-state index in [1.165, 1.54) is 0 Å². The van der Waals surface area contributed by atoms with Crippen LogP contribution in [0.25, 0.3) is 0 Å². The Balaban J connectivity index is 1.91. The zero-order chi connectivity index (χ0) is 28.9. The molecule has 0 aromatic heterocycles. The Morgan fingerprint density at radius 3 is 2.37 bits per heavy atom. The minimum Gasteiger partial charge on any atom is -0.457 e. The van der Waals surface area contributed by atoms with Crippen molar-refractivity contribution in [1.29, 1.82) is 0 Å². The number of urea groups is 1. The number of aliphatic hydroxyl groups is 1. The quantitative estimate of drug-likeness (QED) is 0.245. The molecule has 0 saturated carbocycles. The van der Waals surface area contributed by atoms with Crippen molar-refractivity contribution >= 4 is 29.9 Å². The number of hydrogen-bond donors (Lipinski definition) is 4. The van der Waals surface area contributed by atoms with Gasteiger partial charge in [-0.2, -0.15) is 0 Å². The number of benzene rings is 1. The third-order valence-electron chi connectivity index (χ3n) is 7.50. The van der Waals surface area contributed by atoms with Gasteiger partial charge in [-0.3, -0.25) is 4.79 Å². The molecule has 0 bridgehead atoms. The molecule has 10 heteroatoms. The summed E-state index contributed by atoms with van der Waals surface area (Å²) in [5, 5.41) is 17.6.